The number of piperidine rings is 2. The van der Waals surface area contributed by atoms with E-state index in [1.807, 2.05) is 0 Å². The smallest absolute Gasteiger partial charge is 0.225 e. The minimum absolute atomic E-state index is 0.132. The number of likely N-dealkylation sites (tertiary alicyclic amines) is 1. The molecule has 2 aliphatic heterocycles. The first-order valence-corrected chi connectivity index (χ1v) is 11.3. The summed E-state index contributed by atoms with van der Waals surface area (Å²) < 4.78 is 2.29. The molecule has 0 spiro atoms. The zero-order valence-electron chi connectivity index (χ0n) is 16.1. The van der Waals surface area contributed by atoms with Crippen LogP contribution in [0.25, 0.3) is 0 Å². The molecule has 0 aromatic rings. The van der Waals surface area contributed by atoms with Gasteiger partial charge in [-0.05, 0) is 45.6 Å². The van der Waals surface area contributed by atoms with Crippen molar-refractivity contribution >= 4 is 28.8 Å². The van der Waals surface area contributed by atoms with Crippen LogP contribution in [-0.4, -0.2) is 64.6 Å². The van der Waals surface area contributed by atoms with E-state index in [2.05, 4.69) is 48.9 Å². The highest BCUT2D eigenvalue weighted by molar-refractivity contribution is 14.1. The zero-order valence-corrected chi connectivity index (χ0v) is 18.3. The third-order valence-electron chi connectivity index (χ3n) is 6.79. The Morgan fingerprint density at radius 1 is 1.12 bits per heavy atom. The topological polar surface area (TPSA) is 50.6 Å². The van der Waals surface area contributed by atoms with Gasteiger partial charge in [-0.25, -0.2) is 3.11 Å². The predicted octanol–water partition coefficient (Wildman–Crippen LogP) is 3.45. The number of nitrogens with zero attached hydrogens (tertiary/aromatic N) is 4. The molecule has 1 aliphatic carbocycles. The second-order valence-corrected chi connectivity index (χ2v) is 9.97. The fourth-order valence-corrected chi connectivity index (χ4v) is 5.58. The Morgan fingerprint density at radius 2 is 1.73 bits per heavy atom. The Balaban J connectivity index is 1.47. The Morgan fingerprint density at radius 3 is 2.31 bits per heavy atom. The summed E-state index contributed by atoms with van der Waals surface area (Å²) in [6.07, 6.45) is 9.91. The van der Waals surface area contributed by atoms with E-state index >= 15 is 0 Å². The maximum Gasteiger partial charge on any atom is 0.225 e. The molecule has 0 bridgehead atoms. The van der Waals surface area contributed by atoms with E-state index in [1.165, 1.54) is 19.3 Å². The highest BCUT2D eigenvalue weighted by Gasteiger charge is 2.36. The minimum atomic E-state index is -0.132. The molecule has 0 atom stereocenters. The molecule has 3 fully saturated rings. The largest absolute Gasteiger partial charge is 0.342 e. The second kappa shape index (κ2) is 9.20. The van der Waals surface area contributed by atoms with E-state index in [9.17, 15) is 10.1 Å². The minimum Gasteiger partial charge on any atom is -0.342 e. The summed E-state index contributed by atoms with van der Waals surface area (Å²) in [7, 11) is 2.19. The maximum absolute atomic E-state index is 12.8. The van der Waals surface area contributed by atoms with Crippen LogP contribution in [0.5, 0.6) is 0 Å². The normalized spacial score (nSPS) is 26.0. The van der Waals surface area contributed by atoms with Crippen molar-refractivity contribution in [3.8, 4) is 6.07 Å². The number of nitriles is 1. The van der Waals surface area contributed by atoms with Crippen molar-refractivity contribution < 1.29 is 4.79 Å². The monoisotopic (exact) mass is 472 g/mol. The van der Waals surface area contributed by atoms with Gasteiger partial charge in [-0.15, -0.1) is 0 Å². The summed E-state index contributed by atoms with van der Waals surface area (Å²) in [6.45, 7) is 4.74. The number of rotatable bonds is 4. The van der Waals surface area contributed by atoms with E-state index in [0.29, 0.717) is 11.9 Å². The second-order valence-electron chi connectivity index (χ2n) is 8.61. The van der Waals surface area contributed by atoms with Crippen LogP contribution in [-0.2, 0) is 4.79 Å². The van der Waals surface area contributed by atoms with Gasteiger partial charge in [0.2, 0.25) is 5.91 Å². The molecule has 0 N–H and O–H groups in total. The number of hydrogen-bond acceptors (Lipinski definition) is 4. The Labute approximate surface area is 172 Å². The van der Waals surface area contributed by atoms with Gasteiger partial charge in [0.15, 0.2) is 0 Å². The Hall–Kier alpha value is -0.390. The van der Waals surface area contributed by atoms with Crippen LogP contribution in [0.1, 0.15) is 57.8 Å². The van der Waals surface area contributed by atoms with Crippen LogP contribution in [0, 0.1) is 22.7 Å². The molecule has 0 aromatic heterocycles. The fourth-order valence-electron chi connectivity index (χ4n) is 5.02. The number of halogens is 1. The fraction of sp³-hybridized carbons (Fsp3) is 0.900. The summed E-state index contributed by atoms with van der Waals surface area (Å²) in [5.41, 5.74) is -0.132. The van der Waals surface area contributed by atoms with Crippen molar-refractivity contribution in [3.05, 3.63) is 0 Å². The van der Waals surface area contributed by atoms with Gasteiger partial charge in [0.05, 0.1) is 11.5 Å². The third kappa shape index (κ3) is 4.90. The van der Waals surface area contributed by atoms with Crippen molar-refractivity contribution in [3.63, 3.8) is 0 Å². The summed E-state index contributed by atoms with van der Waals surface area (Å²) in [5, 5.41) is 9.73. The van der Waals surface area contributed by atoms with Crippen molar-refractivity contribution in [2.75, 3.05) is 39.8 Å². The van der Waals surface area contributed by atoms with Gasteiger partial charge in [-0.2, -0.15) is 5.26 Å². The molecule has 26 heavy (non-hydrogen) atoms. The van der Waals surface area contributed by atoms with Gasteiger partial charge in [0, 0.05) is 67.5 Å². The molecule has 2 saturated heterocycles. The summed E-state index contributed by atoms with van der Waals surface area (Å²) >= 11 is 2.36. The molecule has 3 aliphatic rings. The molecule has 6 heteroatoms. The van der Waals surface area contributed by atoms with E-state index in [0.717, 1.165) is 71.2 Å². The zero-order chi connectivity index (χ0) is 18.6. The highest BCUT2D eigenvalue weighted by atomic mass is 127. The first-order chi connectivity index (χ1) is 12.5. The van der Waals surface area contributed by atoms with Gasteiger partial charge in [-0.3, -0.25) is 4.79 Å². The molecule has 1 saturated carbocycles. The lowest BCUT2D eigenvalue weighted by Crippen LogP contribution is -2.50. The summed E-state index contributed by atoms with van der Waals surface area (Å²) in [4.78, 5) is 17.3. The van der Waals surface area contributed by atoms with Gasteiger partial charge in [0.1, 0.15) is 0 Å². The standard InChI is InChI=1S/C20H33IN4O/c1-23(16-20(15-22)9-3-2-4-10-20)18-7-11-24(12-8-18)19(26)17-5-13-25(21)14-6-17/h17-18H,2-14,16H2,1H3. The third-order valence-corrected chi connectivity index (χ3v) is 7.75. The number of amides is 1. The maximum atomic E-state index is 12.8. The highest BCUT2D eigenvalue weighted by Crippen LogP contribution is 2.37. The van der Waals surface area contributed by atoms with Crippen LogP contribution in [0.4, 0.5) is 0 Å². The van der Waals surface area contributed by atoms with Crippen molar-refractivity contribution in [2.24, 2.45) is 11.3 Å². The van der Waals surface area contributed by atoms with E-state index in [-0.39, 0.29) is 11.3 Å². The van der Waals surface area contributed by atoms with Gasteiger partial charge in [0.25, 0.3) is 0 Å². The average Bonchev–Trinajstić information content (AvgIpc) is 2.69. The van der Waals surface area contributed by atoms with Crippen molar-refractivity contribution in [1.29, 1.82) is 5.26 Å². The van der Waals surface area contributed by atoms with Crippen molar-refractivity contribution in [1.82, 2.24) is 12.9 Å². The molecule has 5 nitrogen and oxygen atoms in total. The number of hydrogen-bond donors (Lipinski definition) is 0. The Bertz CT molecular complexity index is 512. The molecule has 3 rings (SSSR count). The van der Waals surface area contributed by atoms with Crippen molar-refractivity contribution in [2.45, 2.75) is 63.8 Å². The molecular weight excluding hydrogens is 439 g/mol. The Kier molecular flexibility index (Phi) is 7.20. The molecule has 2 heterocycles. The molecule has 146 valence electrons. The van der Waals surface area contributed by atoms with Crippen LogP contribution in [0.3, 0.4) is 0 Å². The number of carbonyl (C=O) groups excluding carboxylic acids is 1. The molecule has 1 amide bonds. The summed E-state index contributed by atoms with van der Waals surface area (Å²) in [5.74, 6) is 0.621. The number of carbonyl (C=O) groups is 1. The summed E-state index contributed by atoms with van der Waals surface area (Å²) in [6, 6.07) is 3.17. The van der Waals surface area contributed by atoms with Crippen LogP contribution < -0.4 is 0 Å². The SMILES string of the molecule is CN(CC1(C#N)CCCCC1)C1CCN(C(=O)C2CCN(I)CC2)CC1. The van der Waals surface area contributed by atoms with E-state index < -0.39 is 0 Å². The lowest BCUT2D eigenvalue weighted by molar-refractivity contribution is -0.138. The van der Waals surface area contributed by atoms with Gasteiger partial charge in [-0.1, -0.05) is 19.3 Å². The van der Waals surface area contributed by atoms with Crippen LogP contribution in [0.2, 0.25) is 0 Å². The first-order valence-electron chi connectivity index (χ1n) is 10.3. The van der Waals surface area contributed by atoms with Crippen LogP contribution >= 0.6 is 22.9 Å². The van der Waals surface area contributed by atoms with E-state index in [1.54, 1.807) is 0 Å². The first kappa shape index (κ1) is 20.3. The molecular formula is C20H33IN4O. The molecule has 0 aromatic carbocycles. The lowest BCUT2D eigenvalue weighted by Gasteiger charge is -2.42. The molecule has 0 unspecified atom stereocenters. The van der Waals surface area contributed by atoms with Crippen LogP contribution in [0.15, 0.2) is 0 Å². The van der Waals surface area contributed by atoms with Gasteiger partial charge < -0.3 is 9.80 Å². The van der Waals surface area contributed by atoms with Gasteiger partial charge >= 0.3 is 0 Å². The van der Waals surface area contributed by atoms with E-state index in [4.69, 9.17) is 0 Å². The average molecular weight is 472 g/mol. The lowest BCUT2D eigenvalue weighted by atomic mass is 9.74. The quantitative estimate of drug-likeness (QED) is 0.465. The molecule has 0 radical (unpaired) electrons. The predicted molar refractivity (Wildman–Crippen MR) is 112 cm³/mol.